The summed E-state index contributed by atoms with van der Waals surface area (Å²) in [6, 6.07) is 11.9. The minimum absolute atomic E-state index is 0.0347. The van der Waals surface area contributed by atoms with Crippen LogP contribution < -0.4 is 9.47 Å². The number of nitriles is 1. The SMILES string of the molecule is CC1(c2ccc(C#N)cc2F)Oc2cccc(C3=CCN(Cc4nc5sc(C(=O)O)nc5n4CC4CCO4)CC3)c2O1. The molecular weight excluding hydrogens is 561 g/mol. The summed E-state index contributed by atoms with van der Waals surface area (Å²) in [5.74, 6) is -1.03. The van der Waals surface area contributed by atoms with E-state index < -0.39 is 17.6 Å². The Morgan fingerprint density at radius 1 is 1.29 bits per heavy atom. The number of rotatable bonds is 7. The van der Waals surface area contributed by atoms with E-state index in [1.54, 1.807) is 13.0 Å². The standard InChI is InChI=1S/C30H26FN5O5S/c1-30(21-6-5-17(14-32)13-22(21)31)40-23-4-2-3-20(25(23)41-30)18-7-10-35(11-8-18)16-24-33-27-26(34-28(42-27)29(37)38)36(24)15-19-9-12-39-19/h2-7,13,19H,8-12,15-16H2,1H3,(H,37,38). The summed E-state index contributed by atoms with van der Waals surface area (Å²) in [4.78, 5) is 23.5. The van der Waals surface area contributed by atoms with Gasteiger partial charge in [-0.15, -0.1) is 0 Å². The molecule has 1 fully saturated rings. The Morgan fingerprint density at radius 3 is 2.83 bits per heavy atom. The second-order valence-electron chi connectivity index (χ2n) is 10.7. The second kappa shape index (κ2) is 10.2. The first kappa shape index (κ1) is 26.6. The van der Waals surface area contributed by atoms with Gasteiger partial charge in [-0.05, 0) is 42.7 Å². The molecule has 2 aromatic carbocycles. The molecule has 4 aromatic rings. The number of carboxylic acids is 1. The van der Waals surface area contributed by atoms with Crippen molar-refractivity contribution in [3.05, 3.63) is 75.8 Å². The van der Waals surface area contributed by atoms with Crippen LogP contribution in [0.4, 0.5) is 4.39 Å². The lowest BCUT2D eigenvalue weighted by atomic mass is 9.98. The van der Waals surface area contributed by atoms with E-state index in [4.69, 9.17) is 24.5 Å². The lowest BCUT2D eigenvalue weighted by Crippen LogP contribution is -2.34. The van der Waals surface area contributed by atoms with Crippen LogP contribution in [0, 0.1) is 17.1 Å². The zero-order valence-corrected chi connectivity index (χ0v) is 23.5. The third-order valence-electron chi connectivity index (χ3n) is 7.92. The van der Waals surface area contributed by atoms with Crippen LogP contribution in [0.15, 0.2) is 42.5 Å². The van der Waals surface area contributed by atoms with Gasteiger partial charge in [-0.3, -0.25) is 4.90 Å². The number of carboxylic acid groups (broad SMARTS) is 1. The highest BCUT2D eigenvalue weighted by Gasteiger charge is 2.42. The number of fused-ring (bicyclic) bond motifs is 2. The fourth-order valence-electron chi connectivity index (χ4n) is 5.63. The topological polar surface area (TPSA) is 123 Å². The van der Waals surface area contributed by atoms with Gasteiger partial charge in [0.2, 0.25) is 5.01 Å². The van der Waals surface area contributed by atoms with Gasteiger partial charge in [0.25, 0.3) is 5.79 Å². The summed E-state index contributed by atoms with van der Waals surface area (Å²) in [6.45, 7) is 5.03. The molecule has 10 nitrogen and oxygen atoms in total. The third kappa shape index (κ3) is 4.59. The van der Waals surface area contributed by atoms with Gasteiger partial charge in [-0.1, -0.05) is 29.5 Å². The molecule has 0 radical (unpaired) electrons. The predicted octanol–water partition coefficient (Wildman–Crippen LogP) is 4.92. The van der Waals surface area contributed by atoms with Crippen molar-refractivity contribution in [3.63, 3.8) is 0 Å². The number of aromatic nitrogens is 3. The number of para-hydroxylation sites is 1. The molecule has 3 aliphatic heterocycles. The van der Waals surface area contributed by atoms with E-state index in [2.05, 4.69) is 16.0 Å². The van der Waals surface area contributed by atoms with E-state index >= 15 is 0 Å². The van der Waals surface area contributed by atoms with E-state index in [0.29, 0.717) is 41.6 Å². The Hall–Kier alpha value is -4.31. The van der Waals surface area contributed by atoms with Gasteiger partial charge in [-0.25, -0.2) is 19.2 Å². The Balaban J connectivity index is 1.10. The van der Waals surface area contributed by atoms with Gasteiger partial charge < -0.3 is 23.9 Å². The number of carbonyl (C=O) groups is 1. The molecule has 0 amide bonds. The third-order valence-corrected chi connectivity index (χ3v) is 8.85. The van der Waals surface area contributed by atoms with Crippen LogP contribution >= 0.6 is 11.3 Å². The van der Waals surface area contributed by atoms with Gasteiger partial charge in [0.05, 0.1) is 36.4 Å². The van der Waals surface area contributed by atoms with Crippen LogP contribution in [-0.2, 0) is 23.6 Å². The number of thiazole rings is 1. The van der Waals surface area contributed by atoms with Gasteiger partial charge in [0, 0.05) is 32.2 Å². The summed E-state index contributed by atoms with van der Waals surface area (Å²) in [6.07, 6.45) is 3.94. The molecule has 1 saturated heterocycles. The van der Waals surface area contributed by atoms with Crippen molar-refractivity contribution in [3.8, 4) is 17.6 Å². The molecule has 12 heteroatoms. The summed E-state index contributed by atoms with van der Waals surface area (Å²) in [5.41, 5.74) is 3.05. The largest absolute Gasteiger partial charge is 0.476 e. The number of aromatic carboxylic acids is 1. The number of benzene rings is 2. The van der Waals surface area contributed by atoms with Crippen LogP contribution in [0.2, 0.25) is 0 Å². The normalized spacial score (nSPS) is 21.6. The molecule has 214 valence electrons. The first-order valence-electron chi connectivity index (χ1n) is 13.6. The zero-order chi connectivity index (χ0) is 29.0. The van der Waals surface area contributed by atoms with E-state index in [-0.39, 0.29) is 22.2 Å². The van der Waals surface area contributed by atoms with Crippen molar-refractivity contribution in [2.75, 3.05) is 19.7 Å². The van der Waals surface area contributed by atoms with Crippen LogP contribution in [0.5, 0.6) is 11.5 Å². The summed E-state index contributed by atoms with van der Waals surface area (Å²) in [5, 5.41) is 18.5. The summed E-state index contributed by atoms with van der Waals surface area (Å²) >= 11 is 1.09. The number of ether oxygens (including phenoxy) is 3. The first-order chi connectivity index (χ1) is 20.3. The van der Waals surface area contributed by atoms with Gasteiger partial charge in [0.15, 0.2) is 22.0 Å². The Kier molecular flexibility index (Phi) is 6.46. The lowest BCUT2D eigenvalue weighted by Gasteiger charge is -2.29. The molecule has 2 unspecified atom stereocenters. The van der Waals surface area contributed by atoms with E-state index in [0.717, 1.165) is 54.3 Å². The Bertz CT molecular complexity index is 1810. The highest BCUT2D eigenvalue weighted by Crippen LogP contribution is 2.49. The monoisotopic (exact) mass is 587 g/mol. The fraction of sp³-hybridized carbons (Fsp3) is 0.333. The lowest BCUT2D eigenvalue weighted by molar-refractivity contribution is -0.0708. The van der Waals surface area contributed by atoms with Crippen LogP contribution in [0.25, 0.3) is 16.1 Å². The van der Waals surface area contributed by atoms with E-state index in [9.17, 15) is 14.3 Å². The molecular formula is C30H26FN5O5S. The van der Waals surface area contributed by atoms with Crippen molar-refractivity contribution < 1.29 is 28.5 Å². The second-order valence-corrected chi connectivity index (χ2v) is 11.7. The van der Waals surface area contributed by atoms with Crippen molar-refractivity contribution in [1.29, 1.82) is 5.26 Å². The smallest absolute Gasteiger partial charge is 0.365 e. The summed E-state index contributed by atoms with van der Waals surface area (Å²) in [7, 11) is 0. The van der Waals surface area contributed by atoms with Crippen LogP contribution in [-0.4, -0.2) is 56.3 Å². The van der Waals surface area contributed by atoms with Crippen molar-refractivity contribution in [1.82, 2.24) is 19.4 Å². The molecule has 0 spiro atoms. The van der Waals surface area contributed by atoms with Gasteiger partial charge in [-0.2, -0.15) is 5.26 Å². The minimum Gasteiger partial charge on any atom is -0.476 e. The average Bonchev–Trinajstić information content (AvgIpc) is 3.62. The van der Waals surface area contributed by atoms with Gasteiger partial charge in [0.1, 0.15) is 11.6 Å². The highest BCUT2D eigenvalue weighted by molar-refractivity contribution is 7.19. The van der Waals surface area contributed by atoms with Crippen molar-refractivity contribution in [2.24, 2.45) is 0 Å². The quantitative estimate of drug-likeness (QED) is 0.321. The molecule has 42 heavy (non-hydrogen) atoms. The van der Waals surface area contributed by atoms with Crippen LogP contribution in [0.3, 0.4) is 0 Å². The number of nitrogens with zero attached hydrogens (tertiary/aromatic N) is 5. The molecule has 0 aliphatic carbocycles. The predicted molar refractivity (Wildman–Crippen MR) is 151 cm³/mol. The molecule has 7 rings (SSSR count). The number of hydrogen-bond acceptors (Lipinski definition) is 9. The number of halogens is 1. The van der Waals surface area contributed by atoms with Crippen molar-refractivity contribution in [2.45, 2.75) is 44.7 Å². The minimum atomic E-state index is -1.36. The number of imidazole rings is 1. The molecule has 5 heterocycles. The molecule has 0 bridgehead atoms. The highest BCUT2D eigenvalue weighted by atomic mass is 32.1. The zero-order valence-electron chi connectivity index (χ0n) is 22.7. The van der Waals surface area contributed by atoms with Crippen LogP contribution in [0.1, 0.15) is 52.1 Å². The molecule has 2 aromatic heterocycles. The maximum Gasteiger partial charge on any atom is 0.365 e. The van der Waals surface area contributed by atoms with E-state index in [1.165, 1.54) is 12.1 Å². The maximum absolute atomic E-state index is 14.9. The molecule has 2 atom stereocenters. The summed E-state index contributed by atoms with van der Waals surface area (Å²) < 4.78 is 34.9. The molecule has 1 N–H and O–H groups in total. The fourth-order valence-corrected chi connectivity index (χ4v) is 6.43. The molecule has 0 saturated carbocycles. The number of hydrogen-bond donors (Lipinski definition) is 1. The van der Waals surface area contributed by atoms with Gasteiger partial charge >= 0.3 is 5.97 Å². The molecule has 3 aliphatic rings. The Labute approximate surface area is 244 Å². The first-order valence-corrected chi connectivity index (χ1v) is 14.5. The Morgan fingerprint density at radius 2 is 2.14 bits per heavy atom. The maximum atomic E-state index is 14.9. The van der Waals surface area contributed by atoms with Crippen molar-refractivity contribution >= 4 is 33.4 Å². The van der Waals surface area contributed by atoms with E-state index in [1.807, 2.05) is 28.8 Å². The average molecular weight is 588 g/mol.